The van der Waals surface area contributed by atoms with E-state index in [9.17, 15) is 36.9 Å². The number of hydrazone groups is 1. The topological polar surface area (TPSA) is 84.6 Å². The van der Waals surface area contributed by atoms with Gasteiger partial charge in [0.2, 0.25) is 5.82 Å². The van der Waals surface area contributed by atoms with Crippen LogP contribution in [0.1, 0.15) is 15.9 Å². The quantitative estimate of drug-likeness (QED) is 0.227. The van der Waals surface area contributed by atoms with Gasteiger partial charge in [-0.3, -0.25) is 14.9 Å². The zero-order valence-corrected chi connectivity index (χ0v) is 11.9. The van der Waals surface area contributed by atoms with Gasteiger partial charge in [0, 0.05) is 17.7 Å². The van der Waals surface area contributed by atoms with Crippen molar-refractivity contribution in [1.82, 2.24) is 5.43 Å². The lowest BCUT2D eigenvalue weighted by Crippen LogP contribution is -2.18. The van der Waals surface area contributed by atoms with E-state index in [1.807, 2.05) is 0 Å². The summed E-state index contributed by atoms with van der Waals surface area (Å²) in [5, 5.41) is 13.7. The van der Waals surface area contributed by atoms with Crippen molar-refractivity contribution in [2.24, 2.45) is 5.10 Å². The second-order valence-electron chi connectivity index (χ2n) is 4.49. The smallest absolute Gasteiger partial charge is 0.267 e. The molecule has 0 radical (unpaired) electrons. The van der Waals surface area contributed by atoms with Crippen molar-refractivity contribution in [3.05, 3.63) is 74.6 Å². The lowest BCUT2D eigenvalue weighted by Gasteiger charge is -2.04. The minimum absolute atomic E-state index is 0.205. The summed E-state index contributed by atoms with van der Waals surface area (Å²) in [6.07, 6.45) is 0.228. The molecule has 130 valence electrons. The van der Waals surface area contributed by atoms with Crippen LogP contribution in [0.15, 0.2) is 29.4 Å². The van der Waals surface area contributed by atoms with Crippen molar-refractivity contribution < 1.29 is 31.7 Å². The Morgan fingerprint density at radius 1 is 1.04 bits per heavy atom. The highest BCUT2D eigenvalue weighted by molar-refractivity contribution is 5.95. The largest absolute Gasteiger partial charge is 0.271 e. The molecule has 2 aromatic carbocycles. The van der Waals surface area contributed by atoms with Gasteiger partial charge in [-0.05, 0) is 6.07 Å². The number of nitrogens with zero attached hydrogens (tertiary/aromatic N) is 2. The number of nitrogens with one attached hydrogen (secondary N) is 1. The normalized spacial score (nSPS) is 10.9. The molecule has 6 nitrogen and oxygen atoms in total. The molecule has 0 aliphatic rings. The van der Waals surface area contributed by atoms with E-state index in [2.05, 4.69) is 5.10 Å². The number of rotatable bonds is 4. The van der Waals surface area contributed by atoms with Gasteiger partial charge in [-0.2, -0.15) is 5.10 Å². The number of nitro benzene ring substituents is 1. The summed E-state index contributed by atoms with van der Waals surface area (Å²) < 4.78 is 65.7. The molecular formula is C14H6F5N3O3. The van der Waals surface area contributed by atoms with E-state index in [-0.39, 0.29) is 11.8 Å². The monoisotopic (exact) mass is 359 g/mol. The Labute approximate surface area is 135 Å². The summed E-state index contributed by atoms with van der Waals surface area (Å²) in [5.41, 5.74) is -0.191. The summed E-state index contributed by atoms with van der Waals surface area (Å²) in [6, 6.07) is 4.43. The molecule has 1 N–H and O–H groups in total. The van der Waals surface area contributed by atoms with Gasteiger partial charge in [0.25, 0.3) is 11.6 Å². The number of carbonyl (C=O) groups is 1. The third-order valence-corrected chi connectivity index (χ3v) is 2.92. The highest BCUT2D eigenvalue weighted by Gasteiger charge is 2.24. The van der Waals surface area contributed by atoms with Crippen molar-refractivity contribution in [2.75, 3.05) is 0 Å². The van der Waals surface area contributed by atoms with E-state index in [1.54, 1.807) is 5.43 Å². The SMILES string of the molecule is O=C(N/N=C\c1c(F)c(F)c(F)c(F)c1F)c1cccc([N+](=O)[O-])c1. The lowest BCUT2D eigenvalue weighted by atomic mass is 10.2. The molecule has 2 aromatic rings. The van der Waals surface area contributed by atoms with Crippen molar-refractivity contribution in [3.63, 3.8) is 0 Å². The number of hydrogen-bond acceptors (Lipinski definition) is 4. The van der Waals surface area contributed by atoms with Crippen LogP contribution in [0, 0.1) is 39.2 Å². The molecule has 2 rings (SSSR count). The predicted octanol–water partition coefficient (Wildman–Crippen LogP) is 3.05. The van der Waals surface area contributed by atoms with Crippen molar-refractivity contribution in [2.45, 2.75) is 0 Å². The molecule has 0 spiro atoms. The summed E-state index contributed by atoms with van der Waals surface area (Å²) in [7, 11) is 0. The average Bonchev–Trinajstić information content (AvgIpc) is 2.61. The Morgan fingerprint density at radius 3 is 2.16 bits per heavy atom. The maximum absolute atomic E-state index is 13.4. The van der Waals surface area contributed by atoms with Gasteiger partial charge in [0.15, 0.2) is 23.3 Å². The molecule has 0 fully saturated rings. The zero-order valence-electron chi connectivity index (χ0n) is 11.9. The first-order valence-corrected chi connectivity index (χ1v) is 6.33. The summed E-state index contributed by atoms with van der Waals surface area (Å²) in [5.74, 6) is -11.9. The average molecular weight is 359 g/mol. The molecular weight excluding hydrogens is 353 g/mol. The maximum Gasteiger partial charge on any atom is 0.271 e. The molecule has 11 heteroatoms. The maximum atomic E-state index is 13.4. The van der Waals surface area contributed by atoms with Crippen LogP contribution in [-0.4, -0.2) is 17.0 Å². The van der Waals surface area contributed by atoms with Crippen LogP contribution in [0.3, 0.4) is 0 Å². The second-order valence-corrected chi connectivity index (χ2v) is 4.49. The molecule has 0 atom stereocenters. The highest BCUT2D eigenvalue weighted by Crippen LogP contribution is 2.21. The first-order chi connectivity index (χ1) is 11.7. The molecule has 0 heterocycles. The van der Waals surface area contributed by atoms with Gasteiger partial charge in [-0.15, -0.1) is 0 Å². The Balaban J connectivity index is 2.23. The standard InChI is InChI=1S/C14H6F5N3O3/c15-9-8(10(16)12(18)13(19)11(9)17)5-20-21-14(23)6-2-1-3-7(4-6)22(24)25/h1-5H,(H,21,23)/b20-5-. The van der Waals surface area contributed by atoms with Crippen LogP contribution in [-0.2, 0) is 0 Å². The number of benzene rings is 2. The zero-order chi connectivity index (χ0) is 18.7. The first kappa shape index (κ1) is 18.0. The van der Waals surface area contributed by atoms with Gasteiger partial charge < -0.3 is 0 Å². The number of amides is 1. The van der Waals surface area contributed by atoms with Crippen LogP contribution < -0.4 is 5.43 Å². The number of nitro groups is 1. The van der Waals surface area contributed by atoms with Crippen molar-refractivity contribution >= 4 is 17.8 Å². The van der Waals surface area contributed by atoms with Crippen LogP contribution in [0.25, 0.3) is 0 Å². The summed E-state index contributed by atoms with van der Waals surface area (Å²) in [6.45, 7) is 0. The third kappa shape index (κ3) is 3.59. The molecule has 25 heavy (non-hydrogen) atoms. The van der Waals surface area contributed by atoms with Crippen LogP contribution >= 0.6 is 0 Å². The number of non-ortho nitro benzene ring substituents is 1. The van der Waals surface area contributed by atoms with Crippen LogP contribution in [0.4, 0.5) is 27.6 Å². The minimum Gasteiger partial charge on any atom is -0.267 e. The molecule has 0 bridgehead atoms. The number of halogens is 5. The van der Waals surface area contributed by atoms with E-state index in [4.69, 9.17) is 0 Å². The Morgan fingerprint density at radius 2 is 1.60 bits per heavy atom. The predicted molar refractivity (Wildman–Crippen MR) is 74.4 cm³/mol. The van der Waals surface area contributed by atoms with Crippen LogP contribution in [0.5, 0.6) is 0 Å². The second kappa shape index (κ2) is 7.03. The van der Waals surface area contributed by atoms with Gasteiger partial charge in [0.05, 0.1) is 16.7 Å². The van der Waals surface area contributed by atoms with Crippen molar-refractivity contribution in [3.8, 4) is 0 Å². The van der Waals surface area contributed by atoms with Crippen molar-refractivity contribution in [1.29, 1.82) is 0 Å². The third-order valence-electron chi connectivity index (χ3n) is 2.92. The molecule has 0 unspecified atom stereocenters. The first-order valence-electron chi connectivity index (χ1n) is 6.33. The number of hydrogen-bond donors (Lipinski definition) is 1. The number of carbonyl (C=O) groups excluding carboxylic acids is 1. The van der Waals surface area contributed by atoms with Crippen LogP contribution in [0.2, 0.25) is 0 Å². The van der Waals surface area contributed by atoms with E-state index in [1.165, 1.54) is 12.1 Å². The van der Waals surface area contributed by atoms with E-state index in [0.29, 0.717) is 0 Å². The highest BCUT2D eigenvalue weighted by atomic mass is 19.2. The molecule has 0 saturated carbocycles. The Hall–Kier alpha value is -3.37. The molecule has 1 amide bonds. The van der Waals surface area contributed by atoms with Gasteiger partial charge in [-0.25, -0.2) is 27.4 Å². The lowest BCUT2D eigenvalue weighted by molar-refractivity contribution is -0.384. The van der Waals surface area contributed by atoms with E-state index >= 15 is 0 Å². The Kier molecular flexibility index (Phi) is 5.05. The molecule has 0 saturated heterocycles. The van der Waals surface area contributed by atoms with Gasteiger partial charge in [-0.1, -0.05) is 6.07 Å². The van der Waals surface area contributed by atoms with E-state index in [0.717, 1.165) is 12.1 Å². The van der Waals surface area contributed by atoms with Gasteiger partial charge in [0.1, 0.15) is 0 Å². The molecule has 0 aliphatic heterocycles. The molecule has 0 aliphatic carbocycles. The fraction of sp³-hybridized carbons (Fsp3) is 0. The summed E-state index contributed by atoms with van der Waals surface area (Å²) >= 11 is 0. The van der Waals surface area contributed by atoms with Gasteiger partial charge >= 0.3 is 0 Å². The molecule has 0 aromatic heterocycles. The summed E-state index contributed by atoms with van der Waals surface area (Å²) in [4.78, 5) is 21.6. The minimum atomic E-state index is -2.33. The van der Waals surface area contributed by atoms with E-state index < -0.39 is 51.2 Å². The fourth-order valence-electron chi connectivity index (χ4n) is 1.72. The fourth-order valence-corrected chi connectivity index (χ4v) is 1.72. The Bertz CT molecular complexity index is 873.